The molecule has 0 fully saturated rings. The molecule has 3 nitrogen and oxygen atoms in total. The predicted octanol–water partition coefficient (Wildman–Crippen LogP) is 6.36. The van der Waals surface area contributed by atoms with Crippen LogP contribution < -0.4 is 4.90 Å². The first kappa shape index (κ1) is 22.4. The average molecular weight is 371 g/mol. The highest BCUT2D eigenvalue weighted by atomic mass is 19.1. The molecule has 1 aromatic carbocycles. The van der Waals surface area contributed by atoms with Gasteiger partial charge in [0.15, 0.2) is 0 Å². The van der Waals surface area contributed by atoms with Crippen molar-refractivity contribution < 1.29 is 9.50 Å². The minimum absolute atomic E-state index is 0.109. The summed E-state index contributed by atoms with van der Waals surface area (Å²) in [6, 6.07) is 14.2. The highest BCUT2D eigenvalue weighted by molar-refractivity contribution is 5.52. The molecule has 2 aromatic rings. The normalized spacial score (nSPS) is 10.9. The average Bonchev–Trinajstić information content (AvgIpc) is 2.65. The number of hydrogen-bond acceptors (Lipinski definition) is 3. The van der Waals surface area contributed by atoms with Crippen LogP contribution in [0.4, 0.5) is 10.1 Å². The van der Waals surface area contributed by atoms with Gasteiger partial charge in [-0.15, -0.1) is 0 Å². The van der Waals surface area contributed by atoms with Crippen LogP contribution in [0.1, 0.15) is 51.3 Å². The third-order valence-electron chi connectivity index (χ3n) is 4.01. The van der Waals surface area contributed by atoms with Crippen molar-refractivity contribution >= 4 is 5.69 Å². The van der Waals surface area contributed by atoms with Crippen LogP contribution >= 0.6 is 0 Å². The summed E-state index contributed by atoms with van der Waals surface area (Å²) in [7, 11) is 0. The Bertz CT molecular complexity index is 743. The predicted molar refractivity (Wildman–Crippen MR) is 112 cm³/mol. The van der Waals surface area contributed by atoms with E-state index in [-0.39, 0.29) is 17.6 Å². The molecule has 1 unspecified atom stereocenters. The van der Waals surface area contributed by atoms with Crippen molar-refractivity contribution in [2.45, 2.75) is 47.1 Å². The van der Waals surface area contributed by atoms with Crippen LogP contribution in [-0.4, -0.2) is 16.6 Å². The molecule has 1 N–H and O–H groups in total. The molecule has 4 heteroatoms. The molecule has 146 valence electrons. The van der Waals surface area contributed by atoms with Crippen LogP contribution in [0.3, 0.4) is 0 Å². The van der Waals surface area contributed by atoms with E-state index in [2.05, 4.69) is 16.8 Å². The molecule has 0 amide bonds. The van der Waals surface area contributed by atoms with Crippen LogP contribution in [0.25, 0.3) is 0 Å². The molecule has 1 atom stereocenters. The molecule has 0 bridgehead atoms. The first-order valence-corrected chi connectivity index (χ1v) is 9.53. The maximum atomic E-state index is 13.9. The lowest BCUT2D eigenvalue weighted by Crippen LogP contribution is -2.27. The number of aromatic hydroxyl groups is 1. The lowest BCUT2D eigenvalue weighted by Gasteiger charge is -2.32. The minimum atomic E-state index is -0.252. The van der Waals surface area contributed by atoms with Crippen LogP contribution in [0.5, 0.6) is 5.75 Å². The Hall–Kier alpha value is -2.62. The van der Waals surface area contributed by atoms with Crippen LogP contribution in [0, 0.1) is 12.7 Å². The number of halogens is 1. The smallest absolute Gasteiger partial charge is 0.139 e. The van der Waals surface area contributed by atoms with E-state index in [0.717, 1.165) is 29.8 Å². The van der Waals surface area contributed by atoms with Gasteiger partial charge >= 0.3 is 0 Å². The van der Waals surface area contributed by atoms with Gasteiger partial charge in [-0.1, -0.05) is 45.0 Å². The Morgan fingerprint density at radius 2 is 1.81 bits per heavy atom. The summed E-state index contributed by atoms with van der Waals surface area (Å²) in [4.78, 5) is 6.18. The number of nitrogens with zero attached hydrogens (tertiary/aromatic N) is 2. The standard InChI is InChI=1S/C21H25FN2O.C2H6/c1-4-11-24(19-13-16(2)12-18(22)14-19)17(3)20-9-7-5-6-8-10-23-15-21(20)25;1-2/h5-10,12-15,17,25H,4,11H2,1-3H3;1-2H3. The van der Waals surface area contributed by atoms with Crippen LogP contribution in [0.2, 0.25) is 0 Å². The molecule has 0 saturated carbocycles. The molecule has 0 spiro atoms. The summed E-state index contributed by atoms with van der Waals surface area (Å²) in [6.07, 6.45) is 3.97. The lowest BCUT2D eigenvalue weighted by atomic mass is 10.1. The maximum Gasteiger partial charge on any atom is 0.139 e. The summed E-state index contributed by atoms with van der Waals surface area (Å²) >= 11 is 0. The van der Waals surface area contributed by atoms with E-state index in [1.165, 1.54) is 18.3 Å². The Kier molecular flexibility index (Phi) is 9.88. The summed E-state index contributed by atoms with van der Waals surface area (Å²) in [5, 5.41) is 10.5. The SMILES string of the molecule is CC.CCCN(c1cc(C)cc(F)c1)C(C)c1ccccccncc1O. The van der Waals surface area contributed by atoms with Crippen molar-refractivity contribution in [3.8, 4) is 5.75 Å². The van der Waals surface area contributed by atoms with Gasteiger partial charge in [0.2, 0.25) is 0 Å². The number of hydrogen-bond donors (Lipinski definition) is 1. The number of aromatic nitrogens is 1. The monoisotopic (exact) mass is 370 g/mol. The van der Waals surface area contributed by atoms with Crippen LogP contribution in [-0.2, 0) is 0 Å². The third kappa shape index (κ3) is 6.89. The van der Waals surface area contributed by atoms with E-state index >= 15 is 0 Å². The highest BCUT2D eigenvalue weighted by Crippen LogP contribution is 2.31. The van der Waals surface area contributed by atoms with Gasteiger partial charge in [-0.2, -0.15) is 0 Å². The van der Waals surface area contributed by atoms with Crippen molar-refractivity contribution in [3.05, 3.63) is 77.9 Å². The van der Waals surface area contributed by atoms with Crippen LogP contribution in [0.15, 0.2) is 60.9 Å². The fraction of sp³-hybridized carbons (Fsp3) is 0.348. The van der Waals surface area contributed by atoms with Gasteiger partial charge in [0, 0.05) is 24.0 Å². The molecular formula is C23H31FN2O. The fourth-order valence-electron chi connectivity index (χ4n) is 2.85. The summed E-state index contributed by atoms with van der Waals surface area (Å²) < 4.78 is 13.9. The molecule has 0 aliphatic rings. The van der Waals surface area contributed by atoms with Gasteiger partial charge in [0.25, 0.3) is 0 Å². The first-order valence-electron chi connectivity index (χ1n) is 9.53. The molecule has 1 aromatic heterocycles. The summed E-state index contributed by atoms with van der Waals surface area (Å²) in [5.74, 6) is -0.143. The second-order valence-electron chi connectivity index (χ2n) is 6.06. The summed E-state index contributed by atoms with van der Waals surface area (Å²) in [6.45, 7) is 10.7. The topological polar surface area (TPSA) is 36.4 Å². The number of rotatable bonds is 5. The second-order valence-corrected chi connectivity index (χ2v) is 6.06. The Morgan fingerprint density at radius 1 is 1.11 bits per heavy atom. The zero-order valence-electron chi connectivity index (χ0n) is 17.0. The fourth-order valence-corrected chi connectivity index (χ4v) is 2.85. The molecule has 0 saturated heterocycles. The van der Waals surface area contributed by atoms with Crippen molar-refractivity contribution in [2.24, 2.45) is 0 Å². The Labute approximate surface area is 162 Å². The number of aryl methyl sites for hydroxylation is 1. The van der Waals surface area contributed by atoms with E-state index in [1.807, 2.05) is 58.0 Å². The third-order valence-corrected chi connectivity index (χ3v) is 4.01. The molecule has 0 aliphatic carbocycles. The number of benzene rings is 1. The van der Waals surface area contributed by atoms with E-state index in [0.29, 0.717) is 0 Å². The zero-order valence-corrected chi connectivity index (χ0v) is 17.0. The van der Waals surface area contributed by atoms with Gasteiger partial charge < -0.3 is 10.0 Å². The van der Waals surface area contributed by atoms with Gasteiger partial charge in [-0.3, -0.25) is 4.98 Å². The van der Waals surface area contributed by atoms with Gasteiger partial charge in [-0.05, 0) is 50.1 Å². The Morgan fingerprint density at radius 3 is 2.48 bits per heavy atom. The van der Waals surface area contributed by atoms with Crippen molar-refractivity contribution in [3.63, 3.8) is 0 Å². The zero-order chi connectivity index (χ0) is 20.2. The van der Waals surface area contributed by atoms with Crippen molar-refractivity contribution in [2.75, 3.05) is 11.4 Å². The minimum Gasteiger partial charge on any atom is -0.506 e. The van der Waals surface area contributed by atoms with E-state index in [1.54, 1.807) is 12.3 Å². The van der Waals surface area contributed by atoms with Gasteiger partial charge in [0.05, 0.1) is 12.2 Å². The first-order chi connectivity index (χ1) is 13.0. The highest BCUT2D eigenvalue weighted by Gasteiger charge is 2.18. The Balaban J connectivity index is 0.00000176. The van der Waals surface area contributed by atoms with Crippen molar-refractivity contribution in [1.29, 1.82) is 0 Å². The van der Waals surface area contributed by atoms with Gasteiger partial charge in [-0.25, -0.2) is 4.39 Å². The van der Waals surface area contributed by atoms with Gasteiger partial charge in [0.1, 0.15) is 11.6 Å². The molecule has 1 heterocycles. The molecular weight excluding hydrogens is 339 g/mol. The molecule has 0 radical (unpaired) electrons. The summed E-state index contributed by atoms with van der Waals surface area (Å²) in [5.41, 5.74) is 2.42. The molecule has 0 aliphatic heterocycles. The van der Waals surface area contributed by atoms with E-state index < -0.39 is 0 Å². The van der Waals surface area contributed by atoms with Crippen molar-refractivity contribution in [1.82, 2.24) is 4.98 Å². The molecule has 27 heavy (non-hydrogen) atoms. The maximum absolute atomic E-state index is 13.9. The largest absolute Gasteiger partial charge is 0.506 e. The van der Waals surface area contributed by atoms with E-state index in [4.69, 9.17) is 0 Å². The van der Waals surface area contributed by atoms with E-state index in [9.17, 15) is 9.50 Å². The second kappa shape index (κ2) is 11.9. The molecule has 2 rings (SSSR count). The number of anilines is 1. The lowest BCUT2D eigenvalue weighted by molar-refractivity contribution is 0.459. The quantitative estimate of drug-likeness (QED) is 0.665.